The van der Waals surface area contributed by atoms with Gasteiger partial charge in [-0.1, -0.05) is 27.7 Å². The number of hydrogen-bond donors (Lipinski definition) is 3. The van der Waals surface area contributed by atoms with E-state index in [4.69, 9.17) is 0 Å². The maximum absolute atomic E-state index is 11.9. The minimum absolute atomic E-state index is 0.0704. The van der Waals surface area contributed by atoms with Crippen molar-refractivity contribution in [2.45, 2.75) is 72.4 Å². The van der Waals surface area contributed by atoms with Crippen LogP contribution in [0.5, 0.6) is 0 Å². The van der Waals surface area contributed by atoms with E-state index in [1.807, 2.05) is 6.92 Å². The first-order valence-electron chi connectivity index (χ1n) is 7.92. The molecule has 20 heavy (non-hydrogen) atoms. The van der Waals surface area contributed by atoms with Crippen LogP contribution in [0.1, 0.15) is 60.3 Å². The average molecular weight is 284 g/mol. The van der Waals surface area contributed by atoms with E-state index in [1.165, 1.54) is 6.42 Å². The molecular formula is C16H32N2O2. The molecule has 4 atom stereocenters. The molecular weight excluding hydrogens is 252 g/mol. The largest absolute Gasteiger partial charge is 0.393 e. The monoisotopic (exact) mass is 284 g/mol. The second-order valence-electron chi connectivity index (χ2n) is 7.54. The van der Waals surface area contributed by atoms with Crippen LogP contribution < -0.4 is 10.6 Å². The third-order valence-electron chi connectivity index (χ3n) is 4.36. The molecule has 4 nitrogen and oxygen atoms in total. The number of aliphatic hydroxyl groups is 1. The number of carbonyl (C=O) groups is 1. The normalized spacial score (nSPS) is 28.5. The fourth-order valence-electron chi connectivity index (χ4n) is 3.31. The first-order chi connectivity index (χ1) is 9.19. The molecule has 0 aromatic rings. The Kier molecular flexibility index (Phi) is 6.31. The van der Waals surface area contributed by atoms with Crippen molar-refractivity contribution in [3.63, 3.8) is 0 Å². The summed E-state index contributed by atoms with van der Waals surface area (Å²) in [6.45, 7) is 11.3. The Hall–Kier alpha value is -0.770. The van der Waals surface area contributed by atoms with E-state index in [9.17, 15) is 9.90 Å². The fourth-order valence-corrected chi connectivity index (χ4v) is 3.31. The highest BCUT2D eigenvalue weighted by atomic mass is 16.3. The van der Waals surface area contributed by atoms with Crippen molar-refractivity contribution in [3.05, 3.63) is 0 Å². The summed E-state index contributed by atoms with van der Waals surface area (Å²) >= 11 is 0. The lowest BCUT2D eigenvalue weighted by molar-refractivity contribution is 0.148. The lowest BCUT2D eigenvalue weighted by Gasteiger charge is -2.39. The van der Waals surface area contributed by atoms with Crippen molar-refractivity contribution in [3.8, 4) is 0 Å². The van der Waals surface area contributed by atoms with E-state index in [0.717, 1.165) is 12.8 Å². The number of urea groups is 1. The Labute approximate surface area is 123 Å². The molecule has 3 N–H and O–H groups in total. The highest BCUT2D eigenvalue weighted by Crippen LogP contribution is 2.38. The average Bonchev–Trinajstić information content (AvgIpc) is 2.29. The lowest BCUT2D eigenvalue weighted by Crippen LogP contribution is -2.48. The molecule has 1 aliphatic rings. The molecule has 1 saturated carbocycles. The fraction of sp³-hybridized carbons (Fsp3) is 0.938. The molecule has 0 aliphatic heterocycles. The molecule has 0 spiro atoms. The van der Waals surface area contributed by atoms with Crippen LogP contribution in [0.15, 0.2) is 0 Å². The zero-order valence-corrected chi connectivity index (χ0v) is 13.7. The second-order valence-corrected chi connectivity index (χ2v) is 7.54. The molecule has 1 fully saturated rings. The maximum Gasteiger partial charge on any atom is 0.315 e. The summed E-state index contributed by atoms with van der Waals surface area (Å²) in [6, 6.07) is 0.217. The second kappa shape index (κ2) is 7.30. The summed E-state index contributed by atoms with van der Waals surface area (Å²) in [5.41, 5.74) is 0.403. The van der Waals surface area contributed by atoms with Gasteiger partial charge < -0.3 is 15.7 Å². The molecule has 0 bridgehead atoms. The number of rotatable bonds is 5. The van der Waals surface area contributed by atoms with E-state index in [2.05, 4.69) is 31.4 Å². The van der Waals surface area contributed by atoms with Gasteiger partial charge >= 0.3 is 6.03 Å². The molecule has 4 unspecified atom stereocenters. The van der Waals surface area contributed by atoms with Gasteiger partial charge in [0.05, 0.1) is 6.10 Å². The standard InChI is InChI=1S/C16H32N2O2/c1-11(8-13(3)19)10-17-15(20)18-14-6-7-16(4,5)9-12(14)2/h11-14,19H,6-10H2,1-5H3,(H2,17,18,20). The lowest BCUT2D eigenvalue weighted by atomic mass is 9.70. The number of carbonyl (C=O) groups excluding carboxylic acids is 1. The molecule has 0 heterocycles. The van der Waals surface area contributed by atoms with Gasteiger partial charge in [-0.3, -0.25) is 0 Å². The van der Waals surface area contributed by atoms with Crippen molar-refractivity contribution in [2.24, 2.45) is 17.3 Å². The van der Waals surface area contributed by atoms with Crippen molar-refractivity contribution in [1.82, 2.24) is 10.6 Å². The number of aliphatic hydroxyl groups excluding tert-OH is 1. The smallest absolute Gasteiger partial charge is 0.315 e. The van der Waals surface area contributed by atoms with E-state index in [-0.39, 0.29) is 18.2 Å². The summed E-state index contributed by atoms with van der Waals surface area (Å²) < 4.78 is 0. The quantitative estimate of drug-likeness (QED) is 0.727. The van der Waals surface area contributed by atoms with Crippen LogP contribution in [-0.4, -0.2) is 29.8 Å². The van der Waals surface area contributed by atoms with Gasteiger partial charge in [-0.15, -0.1) is 0 Å². The molecule has 4 heteroatoms. The van der Waals surface area contributed by atoms with E-state index in [1.54, 1.807) is 6.92 Å². The Morgan fingerprint density at radius 2 is 2.05 bits per heavy atom. The van der Waals surface area contributed by atoms with Gasteiger partial charge in [0.25, 0.3) is 0 Å². The molecule has 1 rings (SSSR count). The van der Waals surface area contributed by atoms with Crippen LogP contribution in [0.25, 0.3) is 0 Å². The van der Waals surface area contributed by atoms with Gasteiger partial charge in [-0.25, -0.2) is 4.79 Å². The van der Waals surface area contributed by atoms with Gasteiger partial charge in [0.15, 0.2) is 0 Å². The predicted octanol–water partition coefficient (Wildman–Crippen LogP) is 2.91. The summed E-state index contributed by atoms with van der Waals surface area (Å²) in [5, 5.41) is 15.3. The Bertz CT molecular complexity index is 316. The summed E-state index contributed by atoms with van der Waals surface area (Å²) in [4.78, 5) is 11.9. The van der Waals surface area contributed by atoms with Crippen LogP contribution in [0.2, 0.25) is 0 Å². The van der Waals surface area contributed by atoms with Crippen LogP contribution in [0.4, 0.5) is 4.79 Å². The topological polar surface area (TPSA) is 61.4 Å². The molecule has 0 radical (unpaired) electrons. The molecule has 118 valence electrons. The van der Waals surface area contributed by atoms with Gasteiger partial charge in [0, 0.05) is 12.6 Å². The van der Waals surface area contributed by atoms with E-state index in [0.29, 0.717) is 30.2 Å². The highest BCUT2D eigenvalue weighted by molar-refractivity contribution is 5.74. The van der Waals surface area contributed by atoms with Gasteiger partial charge in [-0.05, 0) is 49.9 Å². The van der Waals surface area contributed by atoms with Crippen molar-refractivity contribution in [2.75, 3.05) is 6.54 Å². The zero-order valence-electron chi connectivity index (χ0n) is 13.7. The zero-order chi connectivity index (χ0) is 15.3. The minimum Gasteiger partial charge on any atom is -0.393 e. The van der Waals surface area contributed by atoms with Crippen LogP contribution in [0, 0.1) is 17.3 Å². The summed E-state index contributed by atoms with van der Waals surface area (Å²) in [5.74, 6) is 0.822. The molecule has 0 saturated heterocycles. The van der Waals surface area contributed by atoms with Gasteiger partial charge in [0.1, 0.15) is 0 Å². The summed E-state index contributed by atoms with van der Waals surface area (Å²) in [6.07, 6.45) is 3.80. The van der Waals surface area contributed by atoms with Gasteiger partial charge in [0.2, 0.25) is 0 Å². The SMILES string of the molecule is CC(O)CC(C)CNC(=O)NC1CCC(C)(C)CC1C. The Morgan fingerprint density at radius 1 is 1.40 bits per heavy atom. The van der Waals surface area contributed by atoms with Crippen molar-refractivity contribution >= 4 is 6.03 Å². The summed E-state index contributed by atoms with van der Waals surface area (Å²) in [7, 11) is 0. The molecule has 0 aromatic carbocycles. The highest BCUT2D eigenvalue weighted by Gasteiger charge is 2.32. The van der Waals surface area contributed by atoms with E-state index < -0.39 is 0 Å². The van der Waals surface area contributed by atoms with E-state index >= 15 is 0 Å². The molecule has 2 amide bonds. The van der Waals surface area contributed by atoms with Crippen LogP contribution in [-0.2, 0) is 0 Å². The third kappa shape index (κ3) is 6.12. The van der Waals surface area contributed by atoms with Gasteiger partial charge in [-0.2, -0.15) is 0 Å². The first-order valence-corrected chi connectivity index (χ1v) is 7.92. The Morgan fingerprint density at radius 3 is 2.60 bits per heavy atom. The van der Waals surface area contributed by atoms with Crippen LogP contribution >= 0.6 is 0 Å². The predicted molar refractivity (Wildman–Crippen MR) is 82.6 cm³/mol. The maximum atomic E-state index is 11.9. The van der Waals surface area contributed by atoms with Crippen LogP contribution in [0.3, 0.4) is 0 Å². The molecule has 1 aliphatic carbocycles. The van der Waals surface area contributed by atoms with Crippen molar-refractivity contribution < 1.29 is 9.90 Å². The van der Waals surface area contributed by atoms with Crippen molar-refractivity contribution in [1.29, 1.82) is 0 Å². The first kappa shape index (κ1) is 17.3. The number of amides is 2. The third-order valence-corrected chi connectivity index (χ3v) is 4.36. The number of nitrogens with one attached hydrogen (secondary N) is 2. The Balaban J connectivity index is 2.29. The number of hydrogen-bond acceptors (Lipinski definition) is 2. The minimum atomic E-state index is -0.310. The molecule has 0 aromatic heterocycles.